The minimum atomic E-state index is -0.262. The van der Waals surface area contributed by atoms with Crippen molar-refractivity contribution in [3.63, 3.8) is 0 Å². The number of aliphatic hydroxyl groups excluding tert-OH is 1. The fraction of sp³-hybridized carbons (Fsp3) is 0.714. The lowest BCUT2D eigenvalue weighted by Crippen LogP contribution is -2.04. The predicted molar refractivity (Wildman–Crippen MR) is 51.4 cm³/mol. The molecule has 3 heteroatoms. The Labute approximate surface area is 71.3 Å². The first-order chi connectivity index (χ1) is 4.76. The Hall–Kier alpha value is 0.400. The molecule has 0 aliphatic carbocycles. The van der Waals surface area contributed by atoms with E-state index in [4.69, 9.17) is 0 Å². The highest BCUT2D eigenvalue weighted by atomic mass is 32.2. The summed E-state index contributed by atoms with van der Waals surface area (Å²) in [4.78, 5) is 1.06. The second-order valence-corrected chi connectivity index (χ2v) is 3.47. The maximum atomic E-state index is 9.35. The summed E-state index contributed by atoms with van der Waals surface area (Å²) in [6.45, 7) is 1.98. The van der Waals surface area contributed by atoms with Crippen LogP contribution in [0.25, 0.3) is 0 Å². The van der Waals surface area contributed by atoms with Gasteiger partial charge in [0.15, 0.2) is 0 Å². The smallest absolute Gasteiger partial charge is 0.0850 e. The summed E-state index contributed by atoms with van der Waals surface area (Å²) in [5.41, 5.74) is 0. The van der Waals surface area contributed by atoms with Gasteiger partial charge in [0.1, 0.15) is 0 Å². The van der Waals surface area contributed by atoms with Crippen LogP contribution in [0.4, 0.5) is 0 Å². The summed E-state index contributed by atoms with van der Waals surface area (Å²) in [6, 6.07) is 0. The third kappa shape index (κ3) is 3.54. The maximum absolute atomic E-state index is 9.35. The fourth-order valence-corrected chi connectivity index (χ4v) is 2.08. The molecule has 0 saturated carbocycles. The van der Waals surface area contributed by atoms with Crippen LogP contribution in [0.1, 0.15) is 13.3 Å². The monoisotopic (exact) mass is 178 g/mol. The number of hydrogen-bond donors (Lipinski definition) is 1. The Bertz CT molecular complexity index is 112. The van der Waals surface area contributed by atoms with Gasteiger partial charge in [-0.25, -0.2) is 0 Å². The van der Waals surface area contributed by atoms with Crippen molar-refractivity contribution >= 4 is 23.5 Å². The molecule has 60 valence electrons. The highest BCUT2D eigenvalue weighted by molar-refractivity contribution is 8.05. The van der Waals surface area contributed by atoms with Crippen LogP contribution in [0.15, 0.2) is 10.3 Å². The van der Waals surface area contributed by atoms with Crippen LogP contribution in [0.5, 0.6) is 0 Å². The van der Waals surface area contributed by atoms with Crippen LogP contribution >= 0.6 is 23.5 Å². The molecule has 0 bridgehead atoms. The van der Waals surface area contributed by atoms with Crippen molar-refractivity contribution in [2.75, 3.05) is 12.5 Å². The second-order valence-electron chi connectivity index (χ2n) is 1.88. The van der Waals surface area contributed by atoms with E-state index in [1.807, 2.05) is 24.8 Å². The summed E-state index contributed by atoms with van der Waals surface area (Å²) in [5.74, 6) is 0. The molecule has 1 atom stereocenters. The first-order valence-corrected chi connectivity index (χ1v) is 5.72. The van der Waals surface area contributed by atoms with Crippen molar-refractivity contribution < 1.29 is 5.11 Å². The van der Waals surface area contributed by atoms with E-state index in [9.17, 15) is 5.11 Å². The third-order valence-corrected chi connectivity index (χ3v) is 2.68. The Morgan fingerprint density at radius 2 is 2.20 bits per heavy atom. The molecule has 0 rings (SSSR count). The van der Waals surface area contributed by atoms with E-state index < -0.39 is 0 Å². The molecule has 1 nitrogen and oxygen atoms in total. The van der Waals surface area contributed by atoms with E-state index in [-0.39, 0.29) is 6.10 Å². The summed E-state index contributed by atoms with van der Waals surface area (Å²) in [6.07, 6.45) is 4.52. The van der Waals surface area contributed by atoms with Crippen LogP contribution in [0.2, 0.25) is 0 Å². The predicted octanol–water partition coefficient (Wildman–Crippen LogP) is 2.32. The van der Waals surface area contributed by atoms with E-state index in [0.717, 1.165) is 11.3 Å². The quantitative estimate of drug-likeness (QED) is 0.713. The van der Waals surface area contributed by atoms with Crippen LogP contribution in [-0.4, -0.2) is 23.7 Å². The zero-order chi connectivity index (χ0) is 7.98. The van der Waals surface area contributed by atoms with E-state index in [2.05, 4.69) is 0 Å². The summed E-state index contributed by atoms with van der Waals surface area (Å²) >= 11 is 3.25. The van der Waals surface area contributed by atoms with Crippen LogP contribution in [0, 0.1) is 0 Å². The van der Waals surface area contributed by atoms with Gasteiger partial charge in [0, 0.05) is 4.91 Å². The van der Waals surface area contributed by atoms with Gasteiger partial charge in [-0.05, 0) is 24.3 Å². The molecule has 0 aliphatic heterocycles. The van der Waals surface area contributed by atoms with Gasteiger partial charge in [-0.2, -0.15) is 0 Å². The number of rotatable bonds is 4. The molecule has 10 heavy (non-hydrogen) atoms. The summed E-state index contributed by atoms with van der Waals surface area (Å²) in [7, 11) is 0. The van der Waals surface area contributed by atoms with Crippen molar-refractivity contribution in [2.45, 2.75) is 19.4 Å². The summed E-state index contributed by atoms with van der Waals surface area (Å²) in [5, 5.41) is 11.3. The molecule has 1 N–H and O–H groups in total. The number of aliphatic hydroxyl groups is 1. The molecule has 0 aliphatic rings. The zero-order valence-corrected chi connectivity index (χ0v) is 8.26. The third-order valence-electron chi connectivity index (χ3n) is 1.18. The van der Waals surface area contributed by atoms with Crippen molar-refractivity contribution in [3.05, 3.63) is 10.3 Å². The molecule has 1 unspecified atom stereocenters. The molecule has 0 aromatic heterocycles. The Morgan fingerprint density at radius 3 is 2.50 bits per heavy atom. The number of thioether (sulfide) groups is 2. The Kier molecular flexibility index (Phi) is 6.38. The van der Waals surface area contributed by atoms with Crippen molar-refractivity contribution in [1.29, 1.82) is 0 Å². The van der Waals surface area contributed by atoms with E-state index in [1.54, 1.807) is 23.5 Å². The summed E-state index contributed by atoms with van der Waals surface area (Å²) < 4.78 is 0. The van der Waals surface area contributed by atoms with Gasteiger partial charge in [-0.15, -0.1) is 23.5 Å². The lowest BCUT2D eigenvalue weighted by atomic mass is 10.3. The van der Waals surface area contributed by atoms with E-state index >= 15 is 0 Å². The molecule has 0 heterocycles. The molecule has 0 aromatic carbocycles. The van der Waals surface area contributed by atoms with Gasteiger partial charge in [-0.1, -0.05) is 6.92 Å². The maximum Gasteiger partial charge on any atom is 0.0850 e. The molecule has 0 fully saturated rings. The zero-order valence-electron chi connectivity index (χ0n) is 6.63. The van der Waals surface area contributed by atoms with Gasteiger partial charge in [0.25, 0.3) is 0 Å². The topological polar surface area (TPSA) is 20.2 Å². The molecule has 0 spiro atoms. The van der Waals surface area contributed by atoms with Crippen LogP contribution in [0.3, 0.4) is 0 Å². The molecule has 0 aromatic rings. The van der Waals surface area contributed by atoms with Gasteiger partial charge in [-0.3, -0.25) is 0 Å². The minimum absolute atomic E-state index is 0.262. The van der Waals surface area contributed by atoms with Crippen LogP contribution in [-0.2, 0) is 0 Å². The molecular formula is C7H14OS2. The lowest BCUT2D eigenvalue weighted by Gasteiger charge is -2.08. The first kappa shape index (κ1) is 10.4. The highest BCUT2D eigenvalue weighted by Crippen LogP contribution is 2.20. The van der Waals surface area contributed by atoms with Crippen molar-refractivity contribution in [2.24, 2.45) is 0 Å². The van der Waals surface area contributed by atoms with Gasteiger partial charge >= 0.3 is 0 Å². The molecule has 0 amide bonds. The highest BCUT2D eigenvalue weighted by Gasteiger charge is 2.05. The van der Waals surface area contributed by atoms with Crippen LogP contribution < -0.4 is 0 Å². The Balaban J connectivity index is 3.92. The lowest BCUT2D eigenvalue weighted by molar-refractivity contribution is 0.215. The van der Waals surface area contributed by atoms with Gasteiger partial charge in [0.05, 0.1) is 6.10 Å². The SMILES string of the molecule is CCC(O)/C(=C/SC)SC. The largest absolute Gasteiger partial charge is 0.388 e. The second kappa shape index (κ2) is 6.13. The van der Waals surface area contributed by atoms with Gasteiger partial charge < -0.3 is 5.11 Å². The first-order valence-electron chi connectivity index (χ1n) is 3.21. The molecule has 0 radical (unpaired) electrons. The van der Waals surface area contributed by atoms with Gasteiger partial charge in [0.2, 0.25) is 0 Å². The standard InChI is InChI=1S/C7H14OS2/c1-4-6(8)7(10-3)5-9-2/h5-6,8H,4H2,1-3H3/b7-5-. The molecular weight excluding hydrogens is 164 g/mol. The number of hydrogen-bond acceptors (Lipinski definition) is 3. The average molecular weight is 178 g/mol. The minimum Gasteiger partial charge on any atom is -0.388 e. The normalized spacial score (nSPS) is 15.4. The molecule has 0 saturated heterocycles. The van der Waals surface area contributed by atoms with Crippen molar-refractivity contribution in [1.82, 2.24) is 0 Å². The van der Waals surface area contributed by atoms with E-state index in [1.165, 1.54) is 0 Å². The van der Waals surface area contributed by atoms with E-state index in [0.29, 0.717) is 0 Å². The average Bonchev–Trinajstić information content (AvgIpc) is 1.99. The Morgan fingerprint density at radius 1 is 1.60 bits per heavy atom. The van der Waals surface area contributed by atoms with Crippen molar-refractivity contribution in [3.8, 4) is 0 Å². The fourth-order valence-electron chi connectivity index (χ4n) is 0.580.